The number of benzene rings is 6. The van der Waals surface area contributed by atoms with Crippen LogP contribution < -0.4 is 9.80 Å². The van der Waals surface area contributed by atoms with E-state index in [9.17, 15) is 0 Å². The molecule has 2 heterocycles. The molecule has 8 rings (SSSR count). The number of para-hydroxylation sites is 4. The summed E-state index contributed by atoms with van der Waals surface area (Å²) in [6.07, 6.45) is 4.10. The van der Waals surface area contributed by atoms with Gasteiger partial charge in [-0.25, -0.2) is 0 Å². The number of thiophene rings is 1. The fourth-order valence-corrected chi connectivity index (χ4v) is 8.24. The molecular formula is C44H38N2OS. The fourth-order valence-electron chi connectivity index (χ4n) is 7.09. The Morgan fingerprint density at radius 3 is 1.31 bits per heavy atom. The fraction of sp³-hybridized carbons (Fsp3) is 0.136. The van der Waals surface area contributed by atoms with Crippen molar-refractivity contribution < 1.29 is 4.42 Å². The van der Waals surface area contributed by atoms with Crippen molar-refractivity contribution in [3.05, 3.63) is 157 Å². The van der Waals surface area contributed by atoms with Crippen LogP contribution in [-0.2, 0) is 12.8 Å². The van der Waals surface area contributed by atoms with Gasteiger partial charge in [0.05, 0.1) is 5.69 Å². The third kappa shape index (κ3) is 5.42. The Balaban J connectivity index is 1.35. The molecule has 0 aliphatic rings. The second-order valence-corrected chi connectivity index (χ2v) is 13.4. The smallest absolute Gasteiger partial charge is 0.190 e. The summed E-state index contributed by atoms with van der Waals surface area (Å²) in [6.45, 7) is 4.54. The van der Waals surface area contributed by atoms with Gasteiger partial charge in [0.25, 0.3) is 0 Å². The van der Waals surface area contributed by atoms with Crippen LogP contribution in [0.4, 0.5) is 34.1 Å². The van der Waals surface area contributed by atoms with Crippen LogP contribution in [0.3, 0.4) is 0 Å². The average molecular weight is 643 g/mol. The van der Waals surface area contributed by atoms with Gasteiger partial charge in [0.15, 0.2) is 4.90 Å². The normalized spacial score (nSPS) is 11.5. The molecule has 0 saturated carbocycles. The molecule has 0 bridgehead atoms. The maximum atomic E-state index is 6.87. The predicted molar refractivity (Wildman–Crippen MR) is 206 cm³/mol. The minimum absolute atomic E-state index is 0.956. The van der Waals surface area contributed by atoms with E-state index >= 15 is 0 Å². The molecule has 236 valence electrons. The topological polar surface area (TPSA) is 19.6 Å². The lowest BCUT2D eigenvalue weighted by Crippen LogP contribution is -2.10. The number of hydrogen-bond donors (Lipinski definition) is 0. The zero-order chi connectivity index (χ0) is 32.5. The predicted octanol–water partition coefficient (Wildman–Crippen LogP) is 13.6. The molecule has 0 amide bonds. The number of aryl methyl sites for hydroxylation is 2. The number of hydrogen-bond acceptors (Lipinski definition) is 4. The SMILES string of the molecule is CCCc1cc(N(c2ccccc2)c2ccccc2)cc2oc3sc4cc(N(c5ccccc5)c5ccccc5)cc(CCC)c4c3c12. The molecule has 0 aliphatic heterocycles. The standard InChI is InChI=1S/C44H38N2OS/c1-3-17-31-27-37(45(33-19-9-5-10-20-33)34-21-11-6-12-22-34)29-39-41(31)43-42-32(18-4-2)28-38(30-40(42)48-44(43)47-39)46(35-23-13-7-14-24-35)36-25-15-8-16-26-36/h5-16,19-30H,3-4,17-18H2,1-2H3. The summed E-state index contributed by atoms with van der Waals surface area (Å²) in [4.78, 5) is 5.71. The highest BCUT2D eigenvalue weighted by Gasteiger charge is 2.24. The summed E-state index contributed by atoms with van der Waals surface area (Å²) >= 11 is 1.78. The molecule has 48 heavy (non-hydrogen) atoms. The van der Waals surface area contributed by atoms with E-state index in [-0.39, 0.29) is 0 Å². The Morgan fingerprint density at radius 2 is 0.875 bits per heavy atom. The Morgan fingerprint density at radius 1 is 0.458 bits per heavy atom. The Kier molecular flexibility index (Phi) is 8.17. The molecule has 2 aromatic heterocycles. The van der Waals surface area contributed by atoms with Gasteiger partial charge < -0.3 is 14.2 Å². The maximum absolute atomic E-state index is 6.87. The van der Waals surface area contributed by atoms with E-state index in [1.54, 1.807) is 11.3 Å². The highest BCUT2D eigenvalue weighted by molar-refractivity contribution is 7.25. The molecule has 0 atom stereocenters. The zero-order valence-electron chi connectivity index (χ0n) is 27.4. The molecular weight excluding hydrogens is 605 g/mol. The molecule has 0 spiro atoms. The number of fused-ring (bicyclic) bond motifs is 5. The van der Waals surface area contributed by atoms with Crippen LogP contribution in [0.5, 0.6) is 0 Å². The third-order valence-electron chi connectivity index (χ3n) is 9.06. The van der Waals surface area contributed by atoms with Gasteiger partial charge in [0, 0.05) is 55.4 Å². The summed E-state index contributed by atoms with van der Waals surface area (Å²) in [6, 6.07) is 52.0. The molecule has 0 aliphatic carbocycles. The van der Waals surface area contributed by atoms with Crippen molar-refractivity contribution in [1.82, 2.24) is 0 Å². The first-order valence-corrected chi connectivity index (χ1v) is 17.8. The second-order valence-electron chi connectivity index (χ2n) is 12.3. The number of furan rings is 1. The molecule has 0 fully saturated rings. The molecule has 0 N–H and O–H groups in total. The summed E-state index contributed by atoms with van der Waals surface area (Å²) in [5, 5.41) is 3.87. The first-order chi connectivity index (χ1) is 23.7. The van der Waals surface area contributed by atoms with E-state index < -0.39 is 0 Å². The largest absolute Gasteiger partial charge is 0.445 e. The molecule has 8 aromatic rings. The van der Waals surface area contributed by atoms with Crippen molar-refractivity contribution in [2.75, 3.05) is 9.80 Å². The second kappa shape index (κ2) is 13.1. The highest BCUT2D eigenvalue weighted by Crippen LogP contribution is 2.48. The van der Waals surface area contributed by atoms with Gasteiger partial charge in [0.1, 0.15) is 5.58 Å². The van der Waals surface area contributed by atoms with Gasteiger partial charge in [-0.2, -0.15) is 0 Å². The van der Waals surface area contributed by atoms with Gasteiger partial charge in [-0.1, -0.05) is 111 Å². The van der Waals surface area contributed by atoms with Crippen molar-refractivity contribution in [2.45, 2.75) is 39.5 Å². The minimum atomic E-state index is 0.956. The Labute approximate surface area is 286 Å². The van der Waals surface area contributed by atoms with Gasteiger partial charge in [-0.15, -0.1) is 0 Å². The first-order valence-electron chi connectivity index (χ1n) is 17.0. The van der Waals surface area contributed by atoms with Crippen molar-refractivity contribution >= 4 is 76.8 Å². The summed E-state index contributed by atoms with van der Waals surface area (Å²) in [7, 11) is 0. The first kappa shape index (κ1) is 30.0. The van der Waals surface area contributed by atoms with Crippen LogP contribution in [-0.4, -0.2) is 0 Å². The van der Waals surface area contributed by atoms with E-state index in [0.717, 1.165) is 64.6 Å². The zero-order valence-corrected chi connectivity index (χ0v) is 28.2. The average Bonchev–Trinajstić information content (AvgIpc) is 3.66. The lowest BCUT2D eigenvalue weighted by molar-refractivity contribution is 0.677. The van der Waals surface area contributed by atoms with Gasteiger partial charge in [0.2, 0.25) is 0 Å². The summed E-state index contributed by atoms with van der Waals surface area (Å²) < 4.78 is 8.14. The van der Waals surface area contributed by atoms with E-state index in [1.165, 1.54) is 37.7 Å². The van der Waals surface area contributed by atoms with Crippen molar-refractivity contribution in [3.63, 3.8) is 0 Å². The summed E-state index contributed by atoms with van der Waals surface area (Å²) in [5.74, 6) is 0. The summed E-state index contributed by atoms with van der Waals surface area (Å²) in [5.41, 5.74) is 10.5. The highest BCUT2D eigenvalue weighted by atomic mass is 32.1. The molecule has 0 radical (unpaired) electrons. The quantitative estimate of drug-likeness (QED) is 0.148. The maximum Gasteiger partial charge on any atom is 0.190 e. The molecule has 3 nitrogen and oxygen atoms in total. The Bertz CT molecular complexity index is 2070. The molecule has 0 saturated heterocycles. The van der Waals surface area contributed by atoms with Crippen LogP contribution in [0.25, 0.3) is 31.3 Å². The lowest BCUT2D eigenvalue weighted by Gasteiger charge is -2.26. The lowest BCUT2D eigenvalue weighted by atomic mass is 9.97. The van der Waals surface area contributed by atoms with Gasteiger partial charge >= 0.3 is 0 Å². The third-order valence-corrected chi connectivity index (χ3v) is 10.1. The van der Waals surface area contributed by atoms with Crippen molar-refractivity contribution in [1.29, 1.82) is 0 Å². The number of nitrogens with zero attached hydrogens (tertiary/aromatic N) is 2. The van der Waals surface area contributed by atoms with Crippen molar-refractivity contribution in [2.24, 2.45) is 0 Å². The van der Waals surface area contributed by atoms with E-state index in [1.807, 2.05) is 0 Å². The van der Waals surface area contributed by atoms with Crippen LogP contribution in [0, 0.1) is 0 Å². The molecule has 0 unspecified atom stereocenters. The van der Waals surface area contributed by atoms with E-state index in [2.05, 4.69) is 169 Å². The van der Waals surface area contributed by atoms with Crippen LogP contribution in [0.1, 0.15) is 37.8 Å². The van der Waals surface area contributed by atoms with Gasteiger partial charge in [-0.3, -0.25) is 0 Å². The molecule has 4 heteroatoms. The van der Waals surface area contributed by atoms with Crippen LogP contribution in [0.2, 0.25) is 0 Å². The minimum Gasteiger partial charge on any atom is -0.445 e. The monoisotopic (exact) mass is 642 g/mol. The number of anilines is 6. The van der Waals surface area contributed by atoms with E-state index in [4.69, 9.17) is 4.42 Å². The number of rotatable bonds is 10. The van der Waals surface area contributed by atoms with Crippen molar-refractivity contribution in [3.8, 4) is 0 Å². The van der Waals surface area contributed by atoms with Gasteiger partial charge in [-0.05, 0) is 90.7 Å². The van der Waals surface area contributed by atoms with E-state index in [0.29, 0.717) is 0 Å². The van der Waals surface area contributed by atoms with Crippen LogP contribution in [0.15, 0.2) is 150 Å². The van der Waals surface area contributed by atoms with Crippen LogP contribution >= 0.6 is 11.3 Å². The Hall–Kier alpha value is -5.32. The molecule has 6 aromatic carbocycles.